The van der Waals surface area contributed by atoms with Crippen molar-refractivity contribution in [1.82, 2.24) is 4.90 Å². The molecule has 0 spiro atoms. The van der Waals surface area contributed by atoms with Gasteiger partial charge in [-0.2, -0.15) is 0 Å². The van der Waals surface area contributed by atoms with Gasteiger partial charge in [-0.25, -0.2) is 13.2 Å². The summed E-state index contributed by atoms with van der Waals surface area (Å²) in [6.07, 6.45) is 1.95. The molecule has 0 unspecified atom stereocenters. The predicted octanol–water partition coefficient (Wildman–Crippen LogP) is 2.27. The molecule has 1 saturated heterocycles. The van der Waals surface area contributed by atoms with Crippen molar-refractivity contribution < 1.29 is 13.2 Å². The topological polar surface area (TPSA) is 29.3 Å². The number of benzene rings is 1. The van der Waals surface area contributed by atoms with Crippen LogP contribution in [0, 0.1) is 23.4 Å². The number of likely N-dealkylation sites (tertiary alicyclic amines) is 1. The Morgan fingerprint density at radius 2 is 1.67 bits per heavy atom. The number of hydrogen-bond donors (Lipinski definition) is 1. The molecule has 2 N–H and O–H groups in total. The molecule has 1 aromatic carbocycles. The lowest BCUT2D eigenvalue weighted by molar-refractivity contribution is 0.178. The van der Waals surface area contributed by atoms with Gasteiger partial charge in [0.05, 0.1) is 0 Å². The van der Waals surface area contributed by atoms with Crippen molar-refractivity contribution in [2.45, 2.75) is 19.4 Å². The van der Waals surface area contributed by atoms with E-state index in [9.17, 15) is 13.2 Å². The molecule has 1 aliphatic rings. The van der Waals surface area contributed by atoms with Gasteiger partial charge >= 0.3 is 0 Å². The van der Waals surface area contributed by atoms with E-state index in [1.165, 1.54) is 0 Å². The van der Waals surface area contributed by atoms with Crippen molar-refractivity contribution in [3.05, 3.63) is 35.1 Å². The molecule has 0 saturated carbocycles. The zero-order valence-electron chi connectivity index (χ0n) is 10.1. The van der Waals surface area contributed by atoms with E-state index in [0.717, 1.165) is 32.0 Å². The van der Waals surface area contributed by atoms with Crippen LogP contribution in [0.25, 0.3) is 0 Å². The van der Waals surface area contributed by atoms with Crippen molar-refractivity contribution in [2.75, 3.05) is 19.6 Å². The van der Waals surface area contributed by atoms with Crippen molar-refractivity contribution in [1.29, 1.82) is 0 Å². The fourth-order valence-electron chi connectivity index (χ4n) is 2.31. The highest BCUT2D eigenvalue weighted by Crippen LogP contribution is 2.20. The molecule has 100 valence electrons. The highest BCUT2D eigenvalue weighted by molar-refractivity contribution is 5.20. The molecule has 0 aliphatic carbocycles. The molecule has 5 heteroatoms. The molecular formula is C13H17F3N2. The standard InChI is InChI=1S/C13H17F3N2/c14-11-6-13(16)12(15)5-10(11)8-18-3-1-9(7-17)2-4-18/h5-6,9H,1-4,7-8,17H2. The van der Waals surface area contributed by atoms with Gasteiger partial charge in [-0.05, 0) is 44.5 Å². The average Bonchev–Trinajstić information content (AvgIpc) is 2.37. The van der Waals surface area contributed by atoms with Crippen LogP contribution >= 0.6 is 0 Å². The molecule has 0 radical (unpaired) electrons. The van der Waals surface area contributed by atoms with Gasteiger partial charge in [0, 0.05) is 18.2 Å². The number of nitrogens with zero attached hydrogens (tertiary/aromatic N) is 1. The average molecular weight is 258 g/mol. The van der Waals surface area contributed by atoms with Crippen LogP contribution in [0.15, 0.2) is 12.1 Å². The fourth-order valence-corrected chi connectivity index (χ4v) is 2.31. The van der Waals surface area contributed by atoms with E-state index in [2.05, 4.69) is 0 Å². The summed E-state index contributed by atoms with van der Waals surface area (Å²) in [4.78, 5) is 2.04. The first-order chi connectivity index (χ1) is 8.60. The van der Waals surface area contributed by atoms with E-state index in [-0.39, 0.29) is 5.56 Å². The minimum atomic E-state index is -1.14. The van der Waals surface area contributed by atoms with Crippen molar-refractivity contribution in [3.8, 4) is 0 Å². The van der Waals surface area contributed by atoms with Crippen LogP contribution in [-0.2, 0) is 6.54 Å². The van der Waals surface area contributed by atoms with Crippen molar-refractivity contribution in [3.63, 3.8) is 0 Å². The molecule has 0 aromatic heterocycles. The summed E-state index contributed by atoms with van der Waals surface area (Å²) in [6.45, 7) is 2.63. The van der Waals surface area contributed by atoms with Gasteiger partial charge in [-0.1, -0.05) is 0 Å². The SMILES string of the molecule is NCC1CCN(Cc2cc(F)c(F)cc2F)CC1. The zero-order chi connectivity index (χ0) is 13.1. The van der Waals surface area contributed by atoms with Gasteiger partial charge < -0.3 is 5.73 Å². The molecule has 1 fully saturated rings. The summed E-state index contributed by atoms with van der Waals surface area (Å²) >= 11 is 0. The van der Waals surface area contributed by atoms with E-state index in [1.54, 1.807) is 0 Å². The number of hydrogen-bond acceptors (Lipinski definition) is 2. The van der Waals surface area contributed by atoms with Gasteiger partial charge in [-0.3, -0.25) is 4.90 Å². The van der Waals surface area contributed by atoms with Crippen LogP contribution in [0.1, 0.15) is 18.4 Å². The van der Waals surface area contributed by atoms with E-state index >= 15 is 0 Å². The van der Waals surface area contributed by atoms with Crippen LogP contribution in [0.5, 0.6) is 0 Å². The molecule has 0 bridgehead atoms. The number of piperidine rings is 1. The maximum Gasteiger partial charge on any atom is 0.161 e. The Kier molecular flexibility index (Phi) is 4.24. The van der Waals surface area contributed by atoms with E-state index in [1.807, 2.05) is 4.90 Å². The number of nitrogens with two attached hydrogens (primary N) is 1. The Balaban J connectivity index is 2.00. The maximum atomic E-state index is 13.5. The fraction of sp³-hybridized carbons (Fsp3) is 0.538. The quantitative estimate of drug-likeness (QED) is 0.843. The second kappa shape index (κ2) is 5.71. The number of rotatable bonds is 3. The molecular weight excluding hydrogens is 241 g/mol. The Labute approximate surface area is 105 Å². The lowest BCUT2D eigenvalue weighted by Crippen LogP contribution is -2.35. The first kappa shape index (κ1) is 13.4. The van der Waals surface area contributed by atoms with Crippen molar-refractivity contribution >= 4 is 0 Å². The second-order valence-corrected chi connectivity index (χ2v) is 4.81. The molecule has 18 heavy (non-hydrogen) atoms. The van der Waals surface area contributed by atoms with Gasteiger partial charge in [0.25, 0.3) is 0 Å². The zero-order valence-corrected chi connectivity index (χ0v) is 10.1. The van der Waals surface area contributed by atoms with Gasteiger partial charge in [-0.15, -0.1) is 0 Å². The highest BCUT2D eigenvalue weighted by Gasteiger charge is 2.19. The van der Waals surface area contributed by atoms with Crippen LogP contribution < -0.4 is 5.73 Å². The lowest BCUT2D eigenvalue weighted by atomic mass is 9.97. The van der Waals surface area contributed by atoms with Crippen LogP contribution in [0.2, 0.25) is 0 Å². The summed E-state index contributed by atoms with van der Waals surface area (Å²) in [6, 6.07) is 1.55. The Morgan fingerprint density at radius 3 is 2.28 bits per heavy atom. The predicted molar refractivity (Wildman–Crippen MR) is 63.4 cm³/mol. The van der Waals surface area contributed by atoms with Crippen LogP contribution in [0.4, 0.5) is 13.2 Å². The first-order valence-electron chi connectivity index (χ1n) is 6.16. The van der Waals surface area contributed by atoms with Gasteiger partial charge in [0.1, 0.15) is 5.82 Å². The Morgan fingerprint density at radius 1 is 1.06 bits per heavy atom. The second-order valence-electron chi connectivity index (χ2n) is 4.81. The lowest BCUT2D eigenvalue weighted by Gasteiger charge is -2.31. The molecule has 1 aromatic rings. The normalized spacial score (nSPS) is 18.2. The number of halogens is 3. The van der Waals surface area contributed by atoms with Gasteiger partial charge in [0.2, 0.25) is 0 Å². The third-order valence-electron chi connectivity index (χ3n) is 3.52. The van der Waals surface area contributed by atoms with Crippen LogP contribution in [-0.4, -0.2) is 24.5 Å². The summed E-state index contributed by atoms with van der Waals surface area (Å²) in [5.74, 6) is -2.30. The van der Waals surface area contributed by atoms with E-state index in [0.29, 0.717) is 25.1 Å². The summed E-state index contributed by atoms with van der Waals surface area (Å²) < 4.78 is 39.3. The molecule has 0 amide bonds. The third-order valence-corrected chi connectivity index (χ3v) is 3.52. The molecule has 1 aliphatic heterocycles. The minimum Gasteiger partial charge on any atom is -0.330 e. The Hall–Kier alpha value is -1.07. The van der Waals surface area contributed by atoms with E-state index in [4.69, 9.17) is 5.73 Å². The maximum absolute atomic E-state index is 13.5. The summed E-state index contributed by atoms with van der Waals surface area (Å²) in [7, 11) is 0. The first-order valence-corrected chi connectivity index (χ1v) is 6.16. The summed E-state index contributed by atoms with van der Waals surface area (Å²) in [5, 5.41) is 0. The minimum absolute atomic E-state index is 0.208. The third kappa shape index (κ3) is 3.03. The van der Waals surface area contributed by atoms with E-state index < -0.39 is 17.5 Å². The highest BCUT2D eigenvalue weighted by atomic mass is 19.2. The van der Waals surface area contributed by atoms with Crippen molar-refractivity contribution in [2.24, 2.45) is 11.7 Å². The molecule has 0 atom stereocenters. The smallest absolute Gasteiger partial charge is 0.161 e. The summed E-state index contributed by atoms with van der Waals surface area (Å²) in [5.41, 5.74) is 5.80. The van der Waals surface area contributed by atoms with Crippen LogP contribution in [0.3, 0.4) is 0 Å². The monoisotopic (exact) mass is 258 g/mol. The molecule has 2 rings (SSSR count). The molecule has 2 nitrogen and oxygen atoms in total. The van der Waals surface area contributed by atoms with Gasteiger partial charge in [0.15, 0.2) is 11.6 Å². The molecule has 1 heterocycles. The Bertz CT molecular complexity index is 415. The largest absolute Gasteiger partial charge is 0.330 e.